The molecule has 0 aliphatic heterocycles. The van der Waals surface area contributed by atoms with Crippen molar-refractivity contribution in [3.05, 3.63) is 52.8 Å². The molecule has 6 nitrogen and oxygen atoms in total. The molecule has 1 aromatic carbocycles. The lowest BCUT2D eigenvalue weighted by molar-refractivity contribution is -0.585. The van der Waals surface area contributed by atoms with Gasteiger partial charge in [-0.05, 0) is 43.0 Å². The van der Waals surface area contributed by atoms with Gasteiger partial charge in [-0.2, -0.15) is 13.8 Å². The lowest BCUT2D eigenvalue weighted by Crippen LogP contribution is -2.79. The van der Waals surface area contributed by atoms with Crippen LogP contribution < -0.4 is 10.1 Å². The maximum Gasteiger partial charge on any atom is 0.310 e. The SMILES string of the molecule is C[NH2+]/C(=C\C(=N)c1nc(C2(c3cc(OC)ccc3C)CC2)no1)C(F)F. The maximum absolute atomic E-state index is 12.8. The van der Waals surface area contributed by atoms with Crippen LogP contribution in [0.15, 0.2) is 34.5 Å². The minimum Gasteiger partial charge on any atom is -0.497 e. The van der Waals surface area contributed by atoms with Gasteiger partial charge in [0.1, 0.15) is 11.5 Å². The zero-order valence-corrected chi connectivity index (χ0v) is 14.8. The number of methoxy groups -OCH3 is 1. The summed E-state index contributed by atoms with van der Waals surface area (Å²) in [4.78, 5) is 4.32. The van der Waals surface area contributed by atoms with Crippen molar-refractivity contribution in [3.8, 4) is 5.75 Å². The van der Waals surface area contributed by atoms with Crippen LogP contribution in [0.4, 0.5) is 8.78 Å². The van der Waals surface area contributed by atoms with Crippen molar-refractivity contribution >= 4 is 5.71 Å². The third kappa shape index (κ3) is 3.24. The van der Waals surface area contributed by atoms with Crippen molar-refractivity contribution < 1.29 is 23.4 Å². The number of quaternary nitrogens is 1. The summed E-state index contributed by atoms with van der Waals surface area (Å²) in [6.07, 6.45) is 0.109. The number of rotatable bonds is 7. The van der Waals surface area contributed by atoms with E-state index >= 15 is 0 Å². The molecular formula is C18H21F2N4O2+. The van der Waals surface area contributed by atoms with Crippen molar-refractivity contribution in [1.82, 2.24) is 10.1 Å². The van der Waals surface area contributed by atoms with Crippen molar-refractivity contribution in [2.24, 2.45) is 0 Å². The monoisotopic (exact) mass is 363 g/mol. The Morgan fingerprint density at radius 2 is 2.15 bits per heavy atom. The molecule has 1 aliphatic rings. The van der Waals surface area contributed by atoms with E-state index < -0.39 is 6.43 Å². The van der Waals surface area contributed by atoms with Gasteiger partial charge in [-0.15, -0.1) is 0 Å². The molecule has 0 bridgehead atoms. The summed E-state index contributed by atoms with van der Waals surface area (Å²) < 4.78 is 36.2. The van der Waals surface area contributed by atoms with Gasteiger partial charge >= 0.3 is 6.43 Å². The summed E-state index contributed by atoms with van der Waals surface area (Å²) >= 11 is 0. The fraction of sp³-hybridized carbons (Fsp3) is 0.389. The van der Waals surface area contributed by atoms with Crippen molar-refractivity contribution in [1.29, 1.82) is 5.41 Å². The Labute approximate surface area is 149 Å². The predicted molar refractivity (Wildman–Crippen MR) is 90.8 cm³/mol. The van der Waals surface area contributed by atoms with Gasteiger partial charge in [0.15, 0.2) is 11.5 Å². The molecular weight excluding hydrogens is 342 g/mol. The normalized spacial score (nSPS) is 16.0. The molecule has 26 heavy (non-hydrogen) atoms. The molecule has 1 saturated carbocycles. The van der Waals surface area contributed by atoms with Crippen LogP contribution in [0.2, 0.25) is 0 Å². The van der Waals surface area contributed by atoms with E-state index in [1.165, 1.54) is 12.4 Å². The van der Waals surface area contributed by atoms with Crippen LogP contribution in [0.3, 0.4) is 0 Å². The van der Waals surface area contributed by atoms with Gasteiger partial charge in [0, 0.05) is 6.08 Å². The van der Waals surface area contributed by atoms with Gasteiger partial charge in [-0.1, -0.05) is 11.2 Å². The molecule has 8 heteroatoms. The minimum atomic E-state index is -2.66. The number of benzene rings is 1. The standard InChI is InChI=1S/C18H20F2N4O2/c1-10-4-5-11(25-3)8-12(10)18(6-7-18)17-23-16(26-24-17)13(21)9-14(22-2)15(19)20/h4-5,8-9,15,21-22H,6-7H2,1-3H3/p+1/b14-9-,21-13?. The van der Waals surface area contributed by atoms with Crippen molar-refractivity contribution in [2.75, 3.05) is 14.2 Å². The van der Waals surface area contributed by atoms with E-state index in [2.05, 4.69) is 10.1 Å². The van der Waals surface area contributed by atoms with E-state index in [1.54, 1.807) is 7.11 Å². The topological polar surface area (TPSA) is 88.6 Å². The molecule has 1 heterocycles. The van der Waals surface area contributed by atoms with Crippen molar-refractivity contribution in [3.63, 3.8) is 0 Å². The van der Waals surface area contributed by atoms with Crippen LogP contribution >= 0.6 is 0 Å². The molecule has 0 radical (unpaired) electrons. The lowest BCUT2D eigenvalue weighted by atomic mass is 9.91. The molecule has 1 fully saturated rings. The number of hydrogen-bond acceptors (Lipinski definition) is 5. The second-order valence-electron chi connectivity index (χ2n) is 6.33. The Hall–Kier alpha value is -2.61. The molecule has 138 valence electrons. The molecule has 0 atom stereocenters. The average molecular weight is 363 g/mol. The number of aryl methyl sites for hydroxylation is 1. The average Bonchev–Trinajstić information content (AvgIpc) is 3.28. The number of nitrogens with two attached hydrogens (primary N) is 1. The molecule has 0 amide bonds. The number of alkyl halides is 2. The Morgan fingerprint density at radius 3 is 2.73 bits per heavy atom. The smallest absolute Gasteiger partial charge is 0.310 e. The van der Waals surface area contributed by atoms with Crippen LogP contribution in [0.25, 0.3) is 0 Å². The number of nitrogens with one attached hydrogen (secondary N) is 1. The van der Waals surface area contributed by atoms with E-state index in [9.17, 15) is 8.78 Å². The Morgan fingerprint density at radius 1 is 1.42 bits per heavy atom. The van der Waals surface area contributed by atoms with Gasteiger partial charge in [0.25, 0.3) is 5.89 Å². The molecule has 2 aromatic rings. The number of ether oxygens (including phenoxy) is 1. The quantitative estimate of drug-likeness (QED) is 0.738. The fourth-order valence-electron chi connectivity index (χ4n) is 3.01. The number of hydrogen-bond donors (Lipinski definition) is 2. The number of allylic oxidation sites excluding steroid dienone is 2. The third-order valence-corrected chi connectivity index (χ3v) is 4.69. The second-order valence-corrected chi connectivity index (χ2v) is 6.33. The highest BCUT2D eigenvalue weighted by molar-refractivity contribution is 6.03. The highest BCUT2D eigenvalue weighted by Gasteiger charge is 2.51. The first-order chi connectivity index (χ1) is 12.4. The summed E-state index contributed by atoms with van der Waals surface area (Å²) in [5.41, 5.74) is 1.30. The van der Waals surface area contributed by atoms with E-state index in [1.807, 2.05) is 25.1 Å². The van der Waals surface area contributed by atoms with Gasteiger partial charge in [0.2, 0.25) is 0 Å². The van der Waals surface area contributed by atoms with Crippen molar-refractivity contribution in [2.45, 2.75) is 31.6 Å². The van der Waals surface area contributed by atoms with Crippen LogP contribution in [0.1, 0.15) is 35.7 Å². The highest BCUT2D eigenvalue weighted by atomic mass is 19.3. The zero-order chi connectivity index (χ0) is 18.9. The lowest BCUT2D eigenvalue weighted by Gasteiger charge is -2.15. The molecule has 0 spiro atoms. The number of halogens is 2. The summed E-state index contributed by atoms with van der Waals surface area (Å²) in [5.74, 6) is 1.16. The van der Waals surface area contributed by atoms with E-state index in [4.69, 9.17) is 14.7 Å². The van der Waals surface area contributed by atoms with Crippen LogP contribution in [0.5, 0.6) is 5.75 Å². The number of nitrogens with zero attached hydrogens (tertiary/aromatic N) is 2. The van der Waals surface area contributed by atoms with Crippen LogP contribution in [-0.2, 0) is 5.41 Å². The summed E-state index contributed by atoms with van der Waals surface area (Å²) in [6, 6.07) is 5.83. The van der Waals surface area contributed by atoms with Gasteiger partial charge in [0.05, 0.1) is 19.6 Å². The zero-order valence-electron chi connectivity index (χ0n) is 14.8. The first-order valence-corrected chi connectivity index (χ1v) is 8.28. The van der Waals surface area contributed by atoms with Gasteiger partial charge in [-0.3, -0.25) is 5.41 Å². The summed E-state index contributed by atoms with van der Waals surface area (Å²) in [5, 5.41) is 13.2. The summed E-state index contributed by atoms with van der Waals surface area (Å²) in [6.45, 7) is 2.01. The predicted octanol–water partition coefficient (Wildman–Crippen LogP) is 2.18. The third-order valence-electron chi connectivity index (χ3n) is 4.69. The molecule has 0 saturated heterocycles. The van der Waals surface area contributed by atoms with E-state index in [0.29, 0.717) is 5.82 Å². The fourth-order valence-corrected chi connectivity index (χ4v) is 3.01. The van der Waals surface area contributed by atoms with E-state index in [-0.39, 0.29) is 22.7 Å². The van der Waals surface area contributed by atoms with E-state index in [0.717, 1.165) is 35.8 Å². The van der Waals surface area contributed by atoms with Gasteiger partial charge < -0.3 is 14.6 Å². The highest BCUT2D eigenvalue weighted by Crippen LogP contribution is 2.53. The van der Waals surface area contributed by atoms with Crippen LogP contribution in [-0.4, -0.2) is 36.4 Å². The Balaban J connectivity index is 1.92. The largest absolute Gasteiger partial charge is 0.497 e. The molecule has 3 rings (SSSR count). The minimum absolute atomic E-state index is 0.0631. The Bertz CT molecular complexity index is 857. The number of aromatic nitrogens is 2. The Kier molecular flexibility index (Phi) is 4.86. The van der Waals surface area contributed by atoms with Gasteiger partial charge in [-0.25, -0.2) is 0 Å². The maximum atomic E-state index is 12.8. The first kappa shape index (κ1) is 18.2. The summed E-state index contributed by atoms with van der Waals surface area (Å²) in [7, 11) is 3.11. The second kappa shape index (κ2) is 6.95. The molecule has 1 aromatic heterocycles. The molecule has 1 aliphatic carbocycles. The molecule has 0 unspecified atom stereocenters. The molecule has 3 N–H and O–H groups in total. The first-order valence-electron chi connectivity index (χ1n) is 8.28. The van der Waals surface area contributed by atoms with Crippen LogP contribution in [0, 0.1) is 12.3 Å².